The van der Waals surface area contributed by atoms with Crippen LogP contribution < -0.4 is 15.4 Å². The molecule has 0 saturated carbocycles. The minimum absolute atomic E-state index is 0. The lowest BCUT2D eigenvalue weighted by molar-refractivity contribution is -0.124. The van der Waals surface area contributed by atoms with E-state index in [-0.39, 0.29) is 37.5 Å². The Kier molecular flexibility index (Phi) is 7.00. The SMILES string of the molecule is COc1ccc(CNC(=O)C2(S(C)(=O)=O)CCNCC2)cc1F.Cl. The molecule has 1 amide bonds. The van der Waals surface area contributed by atoms with Crippen molar-refractivity contribution in [2.45, 2.75) is 24.1 Å². The maximum atomic E-state index is 13.7. The summed E-state index contributed by atoms with van der Waals surface area (Å²) in [7, 11) is -2.19. The van der Waals surface area contributed by atoms with Crippen LogP contribution in [0.25, 0.3) is 0 Å². The molecule has 0 radical (unpaired) electrons. The standard InChI is InChI=1S/C15H21FN2O4S.ClH/c1-22-13-4-3-11(9-12(13)16)10-18-14(19)15(23(2,20)21)5-7-17-8-6-15;/h3-4,9,17H,5-8,10H2,1-2H3,(H,18,19);1H. The Morgan fingerprint density at radius 1 is 1.38 bits per heavy atom. The lowest BCUT2D eigenvalue weighted by Gasteiger charge is -2.34. The van der Waals surface area contributed by atoms with Gasteiger partial charge in [-0.3, -0.25) is 4.79 Å². The fraction of sp³-hybridized carbons (Fsp3) is 0.533. The fourth-order valence-corrected chi connectivity index (χ4v) is 4.11. The first-order valence-corrected chi connectivity index (χ1v) is 9.20. The Labute approximate surface area is 147 Å². The predicted molar refractivity (Wildman–Crippen MR) is 91.7 cm³/mol. The van der Waals surface area contributed by atoms with E-state index in [0.717, 1.165) is 6.26 Å². The molecular formula is C15H22ClFN2O4S. The number of hydrogen-bond donors (Lipinski definition) is 2. The number of carbonyl (C=O) groups is 1. The average molecular weight is 381 g/mol. The van der Waals surface area contributed by atoms with Gasteiger partial charge < -0.3 is 15.4 Å². The maximum Gasteiger partial charge on any atom is 0.241 e. The Balaban J connectivity index is 0.00000288. The second kappa shape index (κ2) is 8.13. The molecule has 0 spiro atoms. The normalized spacial score (nSPS) is 16.8. The highest BCUT2D eigenvalue weighted by molar-refractivity contribution is 7.92. The second-order valence-corrected chi connectivity index (χ2v) is 7.99. The van der Waals surface area contributed by atoms with E-state index in [1.54, 1.807) is 6.07 Å². The van der Waals surface area contributed by atoms with Gasteiger partial charge >= 0.3 is 0 Å². The van der Waals surface area contributed by atoms with Gasteiger partial charge in [-0.05, 0) is 43.6 Å². The fourth-order valence-electron chi connectivity index (χ4n) is 2.76. The van der Waals surface area contributed by atoms with Gasteiger partial charge in [0.2, 0.25) is 5.91 Å². The van der Waals surface area contributed by atoms with Gasteiger partial charge in [0.05, 0.1) is 7.11 Å². The van der Waals surface area contributed by atoms with Crippen molar-refractivity contribution >= 4 is 28.2 Å². The molecule has 2 rings (SSSR count). The van der Waals surface area contributed by atoms with Crippen molar-refractivity contribution in [1.29, 1.82) is 0 Å². The largest absolute Gasteiger partial charge is 0.494 e. The van der Waals surface area contributed by atoms with E-state index >= 15 is 0 Å². The molecule has 2 N–H and O–H groups in total. The molecule has 1 saturated heterocycles. The molecule has 6 nitrogen and oxygen atoms in total. The first-order chi connectivity index (χ1) is 10.8. The van der Waals surface area contributed by atoms with Crippen LogP contribution in [-0.2, 0) is 21.2 Å². The van der Waals surface area contributed by atoms with Gasteiger partial charge in [-0.1, -0.05) is 6.07 Å². The molecule has 0 unspecified atom stereocenters. The number of halogens is 2. The molecule has 1 fully saturated rings. The predicted octanol–water partition coefficient (Wildman–Crippen LogP) is 1.04. The molecule has 1 aliphatic rings. The van der Waals surface area contributed by atoms with Crippen LogP contribution in [0.3, 0.4) is 0 Å². The van der Waals surface area contributed by atoms with Gasteiger partial charge in [-0.2, -0.15) is 0 Å². The highest BCUT2D eigenvalue weighted by atomic mass is 35.5. The number of hydrogen-bond acceptors (Lipinski definition) is 5. The van der Waals surface area contributed by atoms with Crippen LogP contribution in [0, 0.1) is 5.82 Å². The molecule has 0 aromatic heterocycles. The molecular weight excluding hydrogens is 359 g/mol. The van der Waals surface area contributed by atoms with E-state index in [1.165, 1.54) is 19.2 Å². The quantitative estimate of drug-likeness (QED) is 0.797. The van der Waals surface area contributed by atoms with E-state index < -0.39 is 26.3 Å². The first kappa shape index (κ1) is 20.7. The number of benzene rings is 1. The molecule has 24 heavy (non-hydrogen) atoms. The van der Waals surface area contributed by atoms with Crippen molar-refractivity contribution < 1.29 is 22.3 Å². The van der Waals surface area contributed by atoms with Crippen LogP contribution in [0.15, 0.2) is 18.2 Å². The topological polar surface area (TPSA) is 84.5 Å². The number of ether oxygens (including phenoxy) is 1. The molecule has 136 valence electrons. The van der Waals surface area contributed by atoms with E-state index in [2.05, 4.69) is 10.6 Å². The minimum Gasteiger partial charge on any atom is -0.494 e. The number of piperidine rings is 1. The summed E-state index contributed by atoms with van der Waals surface area (Å²) in [6.45, 7) is 1.000. The van der Waals surface area contributed by atoms with E-state index in [9.17, 15) is 17.6 Å². The minimum atomic E-state index is -3.56. The highest BCUT2D eigenvalue weighted by Gasteiger charge is 2.48. The van der Waals surface area contributed by atoms with Crippen LogP contribution >= 0.6 is 12.4 Å². The van der Waals surface area contributed by atoms with Crippen LogP contribution in [0.1, 0.15) is 18.4 Å². The summed E-state index contributed by atoms with van der Waals surface area (Å²) in [5.74, 6) is -0.942. The van der Waals surface area contributed by atoms with Crippen molar-refractivity contribution in [3.63, 3.8) is 0 Å². The summed E-state index contributed by atoms with van der Waals surface area (Å²) in [6.07, 6.45) is 1.55. The number of carbonyl (C=O) groups excluding carboxylic acids is 1. The maximum absolute atomic E-state index is 13.7. The molecule has 0 atom stereocenters. The Bertz CT molecular complexity index is 691. The average Bonchev–Trinajstić information content (AvgIpc) is 2.52. The zero-order valence-electron chi connectivity index (χ0n) is 13.6. The van der Waals surface area contributed by atoms with Crippen LogP contribution in [-0.4, -0.2) is 45.5 Å². The number of amides is 1. The van der Waals surface area contributed by atoms with Crippen molar-refractivity contribution in [2.75, 3.05) is 26.5 Å². The summed E-state index contributed by atoms with van der Waals surface area (Å²) in [6, 6.07) is 4.35. The van der Waals surface area contributed by atoms with Gasteiger partial charge in [-0.25, -0.2) is 12.8 Å². The molecule has 1 aromatic carbocycles. The van der Waals surface area contributed by atoms with E-state index in [0.29, 0.717) is 18.7 Å². The zero-order chi connectivity index (χ0) is 17.1. The molecule has 9 heteroatoms. The summed E-state index contributed by atoms with van der Waals surface area (Å²) in [5, 5.41) is 5.68. The lowest BCUT2D eigenvalue weighted by Crippen LogP contribution is -2.57. The Morgan fingerprint density at radius 3 is 2.50 bits per heavy atom. The first-order valence-electron chi connectivity index (χ1n) is 7.31. The lowest BCUT2D eigenvalue weighted by atomic mass is 9.95. The van der Waals surface area contributed by atoms with Crippen molar-refractivity contribution in [1.82, 2.24) is 10.6 Å². The van der Waals surface area contributed by atoms with E-state index in [1.807, 2.05) is 0 Å². The van der Waals surface area contributed by atoms with Gasteiger partial charge in [0.15, 0.2) is 26.2 Å². The molecule has 1 aliphatic heterocycles. The Morgan fingerprint density at radius 2 is 2.00 bits per heavy atom. The van der Waals surface area contributed by atoms with Gasteiger partial charge in [0, 0.05) is 12.8 Å². The number of methoxy groups -OCH3 is 1. The molecule has 0 bridgehead atoms. The van der Waals surface area contributed by atoms with Crippen LogP contribution in [0.4, 0.5) is 4.39 Å². The van der Waals surface area contributed by atoms with Crippen molar-refractivity contribution in [2.24, 2.45) is 0 Å². The van der Waals surface area contributed by atoms with Crippen LogP contribution in [0.2, 0.25) is 0 Å². The zero-order valence-corrected chi connectivity index (χ0v) is 15.2. The van der Waals surface area contributed by atoms with Crippen molar-refractivity contribution in [3.8, 4) is 5.75 Å². The summed E-state index contributed by atoms with van der Waals surface area (Å²) in [4.78, 5) is 12.5. The highest BCUT2D eigenvalue weighted by Crippen LogP contribution is 2.28. The smallest absolute Gasteiger partial charge is 0.241 e. The molecule has 0 aliphatic carbocycles. The van der Waals surface area contributed by atoms with Crippen LogP contribution in [0.5, 0.6) is 5.75 Å². The molecule has 1 heterocycles. The van der Waals surface area contributed by atoms with Gasteiger partial charge in [0.1, 0.15) is 0 Å². The van der Waals surface area contributed by atoms with E-state index in [4.69, 9.17) is 4.74 Å². The number of rotatable bonds is 5. The van der Waals surface area contributed by atoms with Gasteiger partial charge in [0.25, 0.3) is 0 Å². The monoisotopic (exact) mass is 380 g/mol. The second-order valence-electron chi connectivity index (χ2n) is 5.67. The third-order valence-corrected chi connectivity index (χ3v) is 6.22. The molecule has 1 aromatic rings. The van der Waals surface area contributed by atoms with Crippen molar-refractivity contribution in [3.05, 3.63) is 29.6 Å². The summed E-state index contributed by atoms with van der Waals surface area (Å²) < 4.78 is 41.3. The Hall–Kier alpha value is -1.38. The third-order valence-electron chi connectivity index (χ3n) is 4.20. The number of sulfone groups is 1. The number of nitrogens with one attached hydrogen (secondary N) is 2. The third kappa shape index (κ3) is 4.17. The van der Waals surface area contributed by atoms with Gasteiger partial charge in [-0.15, -0.1) is 12.4 Å². The summed E-state index contributed by atoms with van der Waals surface area (Å²) >= 11 is 0. The summed E-state index contributed by atoms with van der Waals surface area (Å²) in [5.41, 5.74) is 0.536.